The molecule has 2 heterocycles. The third-order valence-electron chi connectivity index (χ3n) is 5.38. The van der Waals surface area contributed by atoms with Gasteiger partial charge in [-0.2, -0.15) is 0 Å². The maximum absolute atomic E-state index is 14.5. The molecule has 0 saturated carbocycles. The quantitative estimate of drug-likeness (QED) is 0.340. The first-order valence-corrected chi connectivity index (χ1v) is 10.1. The molecule has 0 aliphatic carbocycles. The maximum Gasteiger partial charge on any atom is 0.178 e. The van der Waals surface area contributed by atoms with E-state index in [9.17, 15) is 8.78 Å². The lowest BCUT2D eigenvalue weighted by atomic mass is 10.1. The minimum absolute atomic E-state index is 0.176. The molecule has 0 N–H and O–H groups in total. The second kappa shape index (κ2) is 8.23. The third-order valence-corrected chi connectivity index (χ3v) is 5.38. The second-order valence-corrected chi connectivity index (χ2v) is 7.42. The Morgan fingerprint density at radius 3 is 2.44 bits per heavy atom. The highest BCUT2D eigenvalue weighted by Crippen LogP contribution is 2.30. The number of methoxy groups -OCH3 is 1. The van der Waals surface area contributed by atoms with E-state index >= 15 is 0 Å². The van der Waals surface area contributed by atoms with Gasteiger partial charge < -0.3 is 9.30 Å². The van der Waals surface area contributed by atoms with Gasteiger partial charge in [-0.3, -0.25) is 0 Å². The third kappa shape index (κ3) is 3.71. The van der Waals surface area contributed by atoms with E-state index < -0.39 is 11.6 Å². The normalized spacial score (nSPS) is 11.1. The standard InChI is InChI=1S/C26H19F2N3O/c1-32-22-9-5-8-18(12-22)26-30-25-24(13-20(15-29-25)17-6-3-2-4-7-17)31(26)16-19-10-11-21(27)14-23(19)28/h2-15H,16H2,1H3. The minimum atomic E-state index is -0.609. The van der Waals surface area contributed by atoms with Gasteiger partial charge in [-0.05, 0) is 29.8 Å². The van der Waals surface area contributed by atoms with Crippen LogP contribution in [-0.2, 0) is 6.54 Å². The number of benzene rings is 3. The van der Waals surface area contributed by atoms with Gasteiger partial charge in [0.15, 0.2) is 5.65 Å². The Bertz CT molecular complexity index is 1410. The maximum atomic E-state index is 14.5. The van der Waals surface area contributed by atoms with E-state index in [1.165, 1.54) is 12.1 Å². The fourth-order valence-corrected chi connectivity index (χ4v) is 3.76. The molecule has 0 atom stereocenters. The molecule has 0 radical (unpaired) electrons. The molecule has 6 heteroatoms. The Morgan fingerprint density at radius 1 is 0.844 bits per heavy atom. The van der Waals surface area contributed by atoms with Gasteiger partial charge >= 0.3 is 0 Å². The second-order valence-electron chi connectivity index (χ2n) is 7.42. The molecule has 2 aromatic heterocycles. The summed E-state index contributed by atoms with van der Waals surface area (Å²) < 4.78 is 35.3. The highest BCUT2D eigenvalue weighted by atomic mass is 19.1. The molecule has 5 aromatic rings. The number of aromatic nitrogens is 3. The summed E-state index contributed by atoms with van der Waals surface area (Å²) in [7, 11) is 1.60. The van der Waals surface area contributed by atoms with Crippen LogP contribution in [0, 0.1) is 11.6 Å². The summed E-state index contributed by atoms with van der Waals surface area (Å²) in [4.78, 5) is 9.30. The van der Waals surface area contributed by atoms with E-state index in [4.69, 9.17) is 9.72 Å². The fraction of sp³-hybridized carbons (Fsp3) is 0.0769. The van der Waals surface area contributed by atoms with Crippen molar-refractivity contribution in [1.29, 1.82) is 0 Å². The SMILES string of the molecule is COc1cccc(-c2nc3ncc(-c4ccccc4)cc3n2Cc2ccc(F)cc2F)c1. The van der Waals surface area contributed by atoms with Crippen LogP contribution >= 0.6 is 0 Å². The van der Waals surface area contributed by atoms with Crippen molar-refractivity contribution in [2.75, 3.05) is 7.11 Å². The molecule has 158 valence electrons. The Balaban J connectivity index is 1.71. The zero-order chi connectivity index (χ0) is 22.1. The van der Waals surface area contributed by atoms with Crippen LogP contribution in [0.1, 0.15) is 5.56 Å². The lowest BCUT2D eigenvalue weighted by Gasteiger charge is -2.12. The highest BCUT2D eigenvalue weighted by molar-refractivity contribution is 5.82. The molecular weight excluding hydrogens is 408 g/mol. The van der Waals surface area contributed by atoms with Gasteiger partial charge in [0.2, 0.25) is 0 Å². The van der Waals surface area contributed by atoms with Crippen LogP contribution in [0.3, 0.4) is 0 Å². The number of hydrogen-bond donors (Lipinski definition) is 0. The summed E-state index contributed by atoms with van der Waals surface area (Å²) in [5, 5.41) is 0. The Hall–Kier alpha value is -4.06. The zero-order valence-corrected chi connectivity index (χ0v) is 17.3. The molecule has 5 rings (SSSR count). The molecule has 4 nitrogen and oxygen atoms in total. The molecule has 3 aromatic carbocycles. The van der Waals surface area contributed by atoms with Crippen molar-refractivity contribution in [3.8, 4) is 28.3 Å². The van der Waals surface area contributed by atoms with Crippen LogP contribution in [0.4, 0.5) is 8.78 Å². The summed E-state index contributed by atoms with van der Waals surface area (Å²) in [6, 6.07) is 23.0. The van der Waals surface area contributed by atoms with E-state index in [0.29, 0.717) is 22.8 Å². The monoisotopic (exact) mass is 427 g/mol. The lowest BCUT2D eigenvalue weighted by molar-refractivity contribution is 0.415. The fourth-order valence-electron chi connectivity index (χ4n) is 3.76. The number of ether oxygens (including phenoxy) is 1. The van der Waals surface area contributed by atoms with Crippen LogP contribution in [0.25, 0.3) is 33.7 Å². The molecule has 0 saturated heterocycles. The summed E-state index contributed by atoms with van der Waals surface area (Å²) in [5.41, 5.74) is 4.42. The smallest absolute Gasteiger partial charge is 0.178 e. The van der Waals surface area contributed by atoms with Gasteiger partial charge in [0.25, 0.3) is 0 Å². The Kier molecular flexibility index (Phi) is 5.11. The predicted octanol–water partition coefficient (Wildman–Crippen LogP) is 6.10. The molecule has 0 unspecified atom stereocenters. The first-order chi connectivity index (χ1) is 15.6. The number of imidazole rings is 1. The van der Waals surface area contributed by atoms with Crippen molar-refractivity contribution in [2.45, 2.75) is 6.54 Å². The first-order valence-electron chi connectivity index (χ1n) is 10.1. The van der Waals surface area contributed by atoms with Gasteiger partial charge in [0.05, 0.1) is 19.2 Å². The van der Waals surface area contributed by atoms with Crippen molar-refractivity contribution in [1.82, 2.24) is 14.5 Å². The topological polar surface area (TPSA) is 39.9 Å². The van der Waals surface area contributed by atoms with Crippen molar-refractivity contribution < 1.29 is 13.5 Å². The van der Waals surface area contributed by atoms with E-state index in [1.807, 2.05) is 65.2 Å². The lowest BCUT2D eigenvalue weighted by Crippen LogP contribution is -2.05. The molecular formula is C26H19F2N3O. The summed E-state index contributed by atoms with van der Waals surface area (Å²) in [5.74, 6) is 0.103. The molecule has 32 heavy (non-hydrogen) atoms. The van der Waals surface area contributed by atoms with Crippen LogP contribution in [0.2, 0.25) is 0 Å². The van der Waals surface area contributed by atoms with Gasteiger partial charge in [-0.1, -0.05) is 48.5 Å². The first kappa shape index (κ1) is 19.9. The number of nitrogens with zero attached hydrogens (tertiary/aromatic N) is 3. The number of fused-ring (bicyclic) bond motifs is 1. The average Bonchev–Trinajstić information content (AvgIpc) is 3.19. The number of rotatable bonds is 5. The van der Waals surface area contributed by atoms with Crippen LogP contribution in [0.5, 0.6) is 5.75 Å². The summed E-state index contributed by atoms with van der Waals surface area (Å²) in [6.07, 6.45) is 1.78. The van der Waals surface area contributed by atoms with Crippen LogP contribution in [0.15, 0.2) is 85.1 Å². The van der Waals surface area contributed by atoms with E-state index in [2.05, 4.69) is 4.98 Å². The number of pyridine rings is 1. The van der Waals surface area contributed by atoms with Gasteiger partial charge in [0.1, 0.15) is 23.2 Å². The molecule has 0 aliphatic heterocycles. The van der Waals surface area contributed by atoms with Gasteiger partial charge in [0, 0.05) is 29.0 Å². The molecule has 0 spiro atoms. The van der Waals surface area contributed by atoms with Crippen molar-refractivity contribution in [2.24, 2.45) is 0 Å². The van der Waals surface area contributed by atoms with Crippen LogP contribution in [-0.4, -0.2) is 21.6 Å². The summed E-state index contributed by atoms with van der Waals surface area (Å²) >= 11 is 0. The molecule has 0 aliphatic rings. The van der Waals surface area contributed by atoms with E-state index in [-0.39, 0.29) is 6.54 Å². The largest absolute Gasteiger partial charge is 0.497 e. The number of halogens is 2. The molecule has 0 amide bonds. The van der Waals surface area contributed by atoms with Crippen molar-refractivity contribution in [3.63, 3.8) is 0 Å². The zero-order valence-electron chi connectivity index (χ0n) is 17.3. The van der Waals surface area contributed by atoms with Gasteiger partial charge in [-0.25, -0.2) is 18.7 Å². The molecule has 0 bridgehead atoms. The predicted molar refractivity (Wildman–Crippen MR) is 120 cm³/mol. The van der Waals surface area contributed by atoms with E-state index in [0.717, 1.165) is 28.3 Å². The summed E-state index contributed by atoms with van der Waals surface area (Å²) in [6.45, 7) is 0.176. The van der Waals surface area contributed by atoms with Crippen molar-refractivity contribution >= 4 is 11.2 Å². The van der Waals surface area contributed by atoms with E-state index in [1.54, 1.807) is 13.3 Å². The Morgan fingerprint density at radius 2 is 1.66 bits per heavy atom. The van der Waals surface area contributed by atoms with Crippen molar-refractivity contribution in [3.05, 3.63) is 102 Å². The number of hydrogen-bond acceptors (Lipinski definition) is 3. The van der Waals surface area contributed by atoms with Crippen LogP contribution < -0.4 is 4.74 Å². The van der Waals surface area contributed by atoms with Gasteiger partial charge in [-0.15, -0.1) is 0 Å². The molecule has 0 fully saturated rings. The minimum Gasteiger partial charge on any atom is -0.497 e. The Labute approximate surface area is 183 Å². The average molecular weight is 427 g/mol. The highest BCUT2D eigenvalue weighted by Gasteiger charge is 2.17.